The van der Waals surface area contributed by atoms with Crippen molar-refractivity contribution in [3.63, 3.8) is 0 Å². The predicted molar refractivity (Wildman–Crippen MR) is 228 cm³/mol. The molecule has 1 aliphatic heterocycles. The van der Waals surface area contributed by atoms with E-state index in [2.05, 4.69) is 5.32 Å². The van der Waals surface area contributed by atoms with E-state index in [4.69, 9.17) is 28.4 Å². The van der Waals surface area contributed by atoms with Gasteiger partial charge in [0.05, 0.1) is 24.1 Å². The second-order valence-electron chi connectivity index (χ2n) is 18.9. The minimum absolute atomic E-state index is 0.0285. The summed E-state index contributed by atoms with van der Waals surface area (Å²) >= 11 is 0. The molecule has 1 saturated heterocycles. The average Bonchev–Trinajstić information content (AvgIpc) is 3.18. The van der Waals surface area contributed by atoms with E-state index < -0.39 is 113 Å². The minimum atomic E-state index is -2.37. The number of amides is 1. The van der Waals surface area contributed by atoms with Crippen LogP contribution in [-0.2, 0) is 47.6 Å². The second-order valence-corrected chi connectivity index (χ2v) is 18.9. The van der Waals surface area contributed by atoms with Gasteiger partial charge in [-0.25, -0.2) is 14.4 Å². The zero-order chi connectivity index (χ0) is 47.2. The number of aliphatic hydroxyl groups is 3. The number of Topliss-reactive ketones (excluding diaryl/α,β-unsaturated/α-hetero) is 1. The van der Waals surface area contributed by atoms with Crippen molar-refractivity contribution >= 4 is 35.8 Å². The molecule has 1 amide bonds. The van der Waals surface area contributed by atoms with E-state index in [0.717, 1.165) is 19.8 Å². The summed E-state index contributed by atoms with van der Waals surface area (Å²) in [6.07, 6.45) is -5.40. The smallest absolute Gasteiger partial charge is 0.408 e. The third-order valence-corrected chi connectivity index (χ3v) is 12.2. The summed E-state index contributed by atoms with van der Waals surface area (Å²) in [7, 11) is 0. The molecular formula is C47H67NO15. The van der Waals surface area contributed by atoms with Crippen LogP contribution in [0, 0.1) is 17.3 Å². The number of hydrogen-bond acceptors (Lipinski definition) is 15. The zero-order valence-electron chi connectivity index (χ0n) is 38.5. The number of carbonyl (C=O) groups excluding carboxylic acids is 6. The molecule has 1 fully saturated rings. The first kappa shape index (κ1) is 50.8. The molecule has 0 saturated carbocycles. The number of nitrogens with one attached hydrogen (secondary N) is 1. The van der Waals surface area contributed by atoms with Crippen molar-refractivity contribution in [3.05, 3.63) is 58.4 Å². The van der Waals surface area contributed by atoms with E-state index in [1.165, 1.54) is 39.8 Å². The predicted octanol–water partition coefficient (Wildman–Crippen LogP) is 6.15. The Labute approximate surface area is 370 Å². The first-order chi connectivity index (χ1) is 29.3. The van der Waals surface area contributed by atoms with Gasteiger partial charge < -0.3 is 49.1 Å². The number of carbonyl (C=O) groups is 6. The molecule has 8 atom stereocenters. The van der Waals surface area contributed by atoms with Gasteiger partial charge in [-0.05, 0) is 76.7 Å². The maximum absolute atomic E-state index is 14.7. The Morgan fingerprint density at radius 1 is 1.00 bits per heavy atom. The van der Waals surface area contributed by atoms with E-state index in [0.29, 0.717) is 6.42 Å². The number of unbranched alkanes of at least 4 members (excludes halogenated alkanes) is 2. The van der Waals surface area contributed by atoms with Gasteiger partial charge in [0.1, 0.15) is 29.5 Å². The van der Waals surface area contributed by atoms with Gasteiger partial charge in [0.15, 0.2) is 11.4 Å². The first-order valence-electron chi connectivity index (χ1n) is 21.8. The number of allylic oxidation sites excluding steroid dienone is 1. The number of ketones is 1. The van der Waals surface area contributed by atoms with E-state index in [1.807, 2.05) is 20.8 Å². The number of benzene rings is 1. The number of ether oxygens (including phenoxy) is 6. The van der Waals surface area contributed by atoms with Crippen molar-refractivity contribution in [3.8, 4) is 0 Å². The third-order valence-electron chi connectivity index (χ3n) is 12.2. The quantitative estimate of drug-likeness (QED) is 0.0781. The highest BCUT2D eigenvalue weighted by Crippen LogP contribution is 2.58. The Hall–Kier alpha value is -4.80. The lowest BCUT2D eigenvalue weighted by molar-refractivity contribution is -0.295. The van der Waals surface area contributed by atoms with Gasteiger partial charge in [0, 0.05) is 43.8 Å². The highest BCUT2D eigenvalue weighted by molar-refractivity contribution is 6.09. The lowest BCUT2D eigenvalue weighted by atomic mass is 9.53. The van der Waals surface area contributed by atoms with Gasteiger partial charge in [0.2, 0.25) is 11.9 Å². The Morgan fingerprint density at radius 3 is 2.19 bits per heavy atom. The molecule has 3 aliphatic rings. The fourth-order valence-electron chi connectivity index (χ4n) is 9.09. The first-order valence-corrected chi connectivity index (χ1v) is 21.8. The van der Waals surface area contributed by atoms with Gasteiger partial charge in [-0.15, -0.1) is 0 Å². The average molecular weight is 886 g/mol. The van der Waals surface area contributed by atoms with Gasteiger partial charge in [-0.1, -0.05) is 65.7 Å². The van der Waals surface area contributed by atoms with Crippen molar-refractivity contribution in [2.24, 2.45) is 17.3 Å². The molecule has 1 aromatic carbocycles. The summed E-state index contributed by atoms with van der Waals surface area (Å²) < 4.78 is 35.7. The summed E-state index contributed by atoms with van der Waals surface area (Å²) in [5, 5.41) is 38.2. The fraction of sp³-hybridized carbons (Fsp3) is 0.660. The van der Waals surface area contributed by atoms with E-state index in [-0.39, 0.29) is 54.1 Å². The summed E-state index contributed by atoms with van der Waals surface area (Å²) in [6, 6.07) is 6.73. The number of hydrogen-bond donors (Lipinski definition) is 4. The molecule has 2 bridgehead atoms. The number of alkyl carbamates (subject to hydrolysis) is 1. The Morgan fingerprint density at radius 2 is 1.65 bits per heavy atom. The van der Waals surface area contributed by atoms with E-state index in [9.17, 15) is 44.1 Å². The maximum atomic E-state index is 14.7. The zero-order valence-corrected chi connectivity index (χ0v) is 38.5. The highest BCUT2D eigenvalue weighted by Gasteiger charge is 2.69. The van der Waals surface area contributed by atoms with Gasteiger partial charge >= 0.3 is 30.0 Å². The molecular weight excluding hydrogens is 819 g/mol. The van der Waals surface area contributed by atoms with Crippen LogP contribution < -0.4 is 5.32 Å². The molecule has 16 nitrogen and oxygen atoms in total. The maximum Gasteiger partial charge on any atom is 0.408 e. The van der Waals surface area contributed by atoms with Gasteiger partial charge in [-0.3, -0.25) is 14.4 Å². The SMILES string of the molecule is CCCCCC(=O)O[C@@H](C(=O)O[C@H]1C[C@@]2(O)[C@@H](OC(=O)c3ccccc3)C([C@]3(OC(C)=O)CO[C@@H]3CCO)/C(C)=C(/O)C(=O)C(=C1C)C2(C)C)[C@H](CC(C)C)NC(=O)OC(C)(C)C. The fourth-order valence-corrected chi connectivity index (χ4v) is 9.09. The topological polar surface area (TPSA) is 231 Å². The Balaban J connectivity index is 1.94. The monoisotopic (exact) mass is 885 g/mol. The van der Waals surface area contributed by atoms with E-state index in [1.54, 1.807) is 39.0 Å². The van der Waals surface area contributed by atoms with Crippen LogP contribution in [0.4, 0.5) is 4.79 Å². The third kappa shape index (κ3) is 11.1. The Kier molecular flexibility index (Phi) is 16.4. The highest BCUT2D eigenvalue weighted by atomic mass is 16.6. The molecule has 4 N–H and O–H groups in total. The summed E-state index contributed by atoms with van der Waals surface area (Å²) in [5.41, 5.74) is -6.79. The molecule has 1 aromatic rings. The van der Waals surface area contributed by atoms with Crippen molar-refractivity contribution in [1.82, 2.24) is 5.32 Å². The van der Waals surface area contributed by atoms with Crippen molar-refractivity contribution in [1.29, 1.82) is 0 Å². The normalized spacial score (nSPS) is 27.8. The van der Waals surface area contributed by atoms with Crippen LogP contribution in [0.15, 0.2) is 52.8 Å². The molecule has 0 aromatic heterocycles. The molecule has 1 heterocycles. The molecule has 4 rings (SSSR count). The van der Waals surface area contributed by atoms with Crippen LogP contribution in [0.2, 0.25) is 0 Å². The van der Waals surface area contributed by atoms with Gasteiger partial charge in [0.25, 0.3) is 0 Å². The number of fused-ring (bicyclic) bond motifs is 2. The molecule has 2 aliphatic carbocycles. The van der Waals surface area contributed by atoms with Crippen LogP contribution >= 0.6 is 0 Å². The van der Waals surface area contributed by atoms with Crippen LogP contribution in [0.5, 0.6) is 0 Å². The second kappa shape index (κ2) is 20.4. The van der Waals surface area contributed by atoms with Crippen LogP contribution in [0.3, 0.4) is 0 Å². The van der Waals surface area contributed by atoms with Crippen LogP contribution in [-0.4, -0.2) is 112 Å². The molecule has 0 radical (unpaired) electrons. The summed E-state index contributed by atoms with van der Waals surface area (Å²) in [6.45, 7) is 17.0. The standard InChI is InChI=1S/C47H67NO15/c1-12-13-15-20-34(51)60-39(31(23-26(2)3)48-43(56)63-44(7,8)9)42(55)59-32-24-47(57)40(61-41(54)30-18-16-14-17-19-30)36(46(62-29(6)50)25-58-33(46)21-22-49)28(5)37(52)38(53)35(27(32)4)45(47,10)11/h14,16-19,26,31-33,36,39-40,49,52,57H,12-13,15,20-25H2,1-11H3,(H,48,56)/b37-28+/t31-,32-,33+,36?,39+,40-,46-,47+/m0/s1. The van der Waals surface area contributed by atoms with E-state index >= 15 is 0 Å². The van der Waals surface area contributed by atoms with Gasteiger partial charge in [-0.2, -0.15) is 0 Å². The largest absolute Gasteiger partial charge is 0.504 e. The number of aliphatic hydroxyl groups excluding tert-OH is 2. The summed E-state index contributed by atoms with van der Waals surface area (Å²) in [5.74, 6) is -6.90. The molecule has 16 heteroatoms. The molecule has 1 unspecified atom stereocenters. The van der Waals surface area contributed by atoms with Crippen molar-refractivity contribution < 1.29 is 72.5 Å². The lowest BCUT2D eigenvalue weighted by Crippen LogP contribution is -2.73. The van der Waals surface area contributed by atoms with Crippen molar-refractivity contribution in [2.75, 3.05) is 13.2 Å². The number of esters is 4. The number of rotatable bonds is 17. The molecule has 350 valence electrons. The van der Waals surface area contributed by atoms with Crippen LogP contribution in [0.25, 0.3) is 0 Å². The molecule has 63 heavy (non-hydrogen) atoms. The minimum Gasteiger partial charge on any atom is -0.504 e. The van der Waals surface area contributed by atoms with Crippen LogP contribution in [0.1, 0.15) is 131 Å². The Bertz CT molecular complexity index is 1930. The lowest BCUT2D eigenvalue weighted by Gasteiger charge is -2.60. The summed E-state index contributed by atoms with van der Waals surface area (Å²) in [4.78, 5) is 83.0. The molecule has 0 spiro atoms. The van der Waals surface area contributed by atoms with Crippen molar-refractivity contribution in [2.45, 2.75) is 168 Å².